The van der Waals surface area contributed by atoms with Crippen molar-refractivity contribution in [2.75, 3.05) is 19.0 Å². The third-order valence-electron chi connectivity index (χ3n) is 2.31. The van der Waals surface area contributed by atoms with Crippen molar-refractivity contribution in [2.45, 2.75) is 27.7 Å². The van der Waals surface area contributed by atoms with E-state index in [2.05, 4.69) is 12.2 Å². The van der Waals surface area contributed by atoms with Gasteiger partial charge < -0.3 is 9.84 Å². The molecule has 0 aliphatic carbocycles. The van der Waals surface area contributed by atoms with Crippen LogP contribution in [0.25, 0.3) is 0 Å². The molecule has 0 aliphatic heterocycles. The molecular formula is C14H22O2S2. The van der Waals surface area contributed by atoms with E-state index in [1.807, 2.05) is 33.8 Å². The molecule has 0 radical (unpaired) electrons. The van der Waals surface area contributed by atoms with Crippen molar-refractivity contribution in [3.63, 3.8) is 0 Å². The van der Waals surface area contributed by atoms with Crippen molar-refractivity contribution in [2.24, 2.45) is 0 Å². The molecule has 0 spiro atoms. The van der Waals surface area contributed by atoms with Crippen molar-refractivity contribution >= 4 is 28.4 Å². The van der Waals surface area contributed by atoms with Crippen LogP contribution in [0.15, 0.2) is 34.9 Å². The molecule has 0 unspecified atom stereocenters. The highest BCUT2D eigenvalue weighted by atomic mass is 32.2. The zero-order valence-corrected chi connectivity index (χ0v) is 13.2. The maximum Gasteiger partial charge on any atom is 0.220 e. The fourth-order valence-electron chi connectivity index (χ4n) is 1.18. The average molecular weight is 286 g/mol. The molecule has 0 amide bonds. The first-order valence-corrected chi connectivity index (χ1v) is 7.34. The predicted molar refractivity (Wildman–Crippen MR) is 85.0 cm³/mol. The van der Waals surface area contributed by atoms with E-state index in [1.165, 1.54) is 11.8 Å². The minimum Gasteiger partial charge on any atom is -0.479 e. The molecule has 4 heteroatoms. The molecule has 2 nitrogen and oxygen atoms in total. The summed E-state index contributed by atoms with van der Waals surface area (Å²) in [6.07, 6.45) is 6.13. The Morgan fingerprint density at radius 3 is 2.56 bits per heavy atom. The second-order valence-corrected chi connectivity index (χ2v) is 5.39. The second kappa shape index (κ2) is 10.4. The van der Waals surface area contributed by atoms with Gasteiger partial charge in [0.25, 0.3) is 0 Å². The van der Waals surface area contributed by atoms with Crippen LogP contribution in [0.4, 0.5) is 0 Å². The molecule has 0 aliphatic rings. The van der Waals surface area contributed by atoms with E-state index in [0.717, 1.165) is 22.5 Å². The van der Waals surface area contributed by atoms with E-state index in [-0.39, 0.29) is 6.61 Å². The van der Waals surface area contributed by atoms with Crippen molar-refractivity contribution in [1.82, 2.24) is 0 Å². The lowest BCUT2D eigenvalue weighted by atomic mass is 10.1. The van der Waals surface area contributed by atoms with Gasteiger partial charge in [-0.1, -0.05) is 30.0 Å². The number of ether oxygens (including phenoxy) is 1. The van der Waals surface area contributed by atoms with Crippen LogP contribution in [-0.4, -0.2) is 28.5 Å². The first-order valence-electron chi connectivity index (χ1n) is 5.95. The fourth-order valence-corrected chi connectivity index (χ4v) is 2.14. The second-order valence-electron chi connectivity index (χ2n) is 3.81. The van der Waals surface area contributed by atoms with Gasteiger partial charge in [-0.05, 0) is 56.6 Å². The number of thioether (sulfide) groups is 1. The molecule has 0 aromatic heterocycles. The Hall–Kier alpha value is -0.580. The minimum atomic E-state index is 0.0932. The summed E-state index contributed by atoms with van der Waals surface area (Å²) in [4.78, 5) is 0. The number of rotatable bonds is 6. The minimum absolute atomic E-state index is 0.0932. The molecule has 0 aromatic rings. The van der Waals surface area contributed by atoms with Gasteiger partial charge in [-0.15, -0.1) is 0 Å². The summed E-state index contributed by atoms with van der Waals surface area (Å²) in [6, 6.07) is 0. The first kappa shape index (κ1) is 17.4. The smallest absolute Gasteiger partial charge is 0.220 e. The molecule has 0 bridgehead atoms. The SMILES string of the molecule is C/C=C/C(=C\C(C)=C(/C)CO)CSC(=S)OCC. The third kappa shape index (κ3) is 7.69. The summed E-state index contributed by atoms with van der Waals surface area (Å²) in [7, 11) is 0. The standard InChI is InChI=1S/C14H22O2S2/c1-5-7-13(8-11(3)12(4)9-15)10-18-14(17)16-6-2/h5,7-8,15H,6,9-10H2,1-4H3/b7-5+,12-11+,13-8+. The van der Waals surface area contributed by atoms with E-state index in [1.54, 1.807) is 0 Å². The van der Waals surface area contributed by atoms with Gasteiger partial charge in [0.2, 0.25) is 4.38 Å². The maximum absolute atomic E-state index is 9.08. The van der Waals surface area contributed by atoms with Crippen LogP contribution in [-0.2, 0) is 4.74 Å². The largest absolute Gasteiger partial charge is 0.479 e. The third-order valence-corrected chi connectivity index (χ3v) is 3.61. The predicted octanol–water partition coefficient (Wildman–Crippen LogP) is 3.87. The number of thiocarbonyl (C=S) groups is 1. The van der Waals surface area contributed by atoms with Gasteiger partial charge in [-0.2, -0.15) is 0 Å². The van der Waals surface area contributed by atoms with E-state index in [0.29, 0.717) is 11.0 Å². The summed E-state index contributed by atoms with van der Waals surface area (Å²) < 4.78 is 5.81. The summed E-state index contributed by atoms with van der Waals surface area (Å²) in [5.74, 6) is 0.777. The van der Waals surface area contributed by atoms with Crippen LogP contribution >= 0.6 is 24.0 Å². The van der Waals surface area contributed by atoms with Gasteiger partial charge in [0, 0.05) is 5.75 Å². The van der Waals surface area contributed by atoms with Crippen LogP contribution in [0.5, 0.6) is 0 Å². The van der Waals surface area contributed by atoms with Gasteiger partial charge in [0.05, 0.1) is 13.2 Å². The normalized spacial score (nSPS) is 13.7. The topological polar surface area (TPSA) is 29.5 Å². The number of hydrogen-bond donors (Lipinski definition) is 1. The average Bonchev–Trinajstić information content (AvgIpc) is 2.35. The number of aliphatic hydroxyl groups is 1. The zero-order valence-electron chi connectivity index (χ0n) is 11.5. The lowest BCUT2D eigenvalue weighted by Crippen LogP contribution is -1.98. The van der Waals surface area contributed by atoms with Gasteiger partial charge in [-0.25, -0.2) is 0 Å². The molecular weight excluding hydrogens is 264 g/mol. The monoisotopic (exact) mass is 286 g/mol. The van der Waals surface area contributed by atoms with Crippen LogP contribution < -0.4 is 0 Å². The van der Waals surface area contributed by atoms with Crippen molar-refractivity contribution in [3.8, 4) is 0 Å². The molecule has 0 saturated carbocycles. The lowest BCUT2D eigenvalue weighted by Gasteiger charge is -2.06. The Kier molecular flexibility index (Phi) is 10.0. The van der Waals surface area contributed by atoms with E-state index in [4.69, 9.17) is 22.1 Å². The molecule has 0 rings (SSSR count). The summed E-state index contributed by atoms with van der Waals surface area (Å²) in [5.41, 5.74) is 3.23. The Morgan fingerprint density at radius 1 is 1.39 bits per heavy atom. The van der Waals surface area contributed by atoms with Crippen LogP contribution in [0.3, 0.4) is 0 Å². The highest BCUT2D eigenvalue weighted by molar-refractivity contribution is 8.22. The van der Waals surface area contributed by atoms with E-state index < -0.39 is 0 Å². The molecule has 102 valence electrons. The molecule has 0 saturated heterocycles. The van der Waals surface area contributed by atoms with Crippen molar-refractivity contribution in [1.29, 1.82) is 0 Å². The highest BCUT2D eigenvalue weighted by Crippen LogP contribution is 2.16. The maximum atomic E-state index is 9.08. The van der Waals surface area contributed by atoms with E-state index >= 15 is 0 Å². The van der Waals surface area contributed by atoms with Gasteiger partial charge >= 0.3 is 0 Å². The fraction of sp³-hybridized carbons (Fsp3) is 0.500. The Balaban J connectivity index is 4.67. The molecule has 0 aromatic carbocycles. The Morgan fingerprint density at radius 2 is 2.06 bits per heavy atom. The van der Waals surface area contributed by atoms with Gasteiger partial charge in [0.1, 0.15) is 0 Å². The Bertz CT molecular complexity index is 355. The van der Waals surface area contributed by atoms with Gasteiger partial charge in [-0.3, -0.25) is 0 Å². The number of allylic oxidation sites excluding steroid dienone is 4. The first-order chi connectivity index (χ1) is 8.54. The van der Waals surface area contributed by atoms with Crippen molar-refractivity contribution < 1.29 is 9.84 Å². The zero-order chi connectivity index (χ0) is 14.0. The number of aliphatic hydroxyl groups excluding tert-OH is 1. The van der Waals surface area contributed by atoms with Crippen LogP contribution in [0, 0.1) is 0 Å². The summed E-state index contributed by atoms with van der Waals surface area (Å²) in [5, 5.41) is 9.08. The highest BCUT2D eigenvalue weighted by Gasteiger charge is 2.01. The molecule has 1 N–H and O–H groups in total. The van der Waals surface area contributed by atoms with Gasteiger partial charge in [0.15, 0.2) is 0 Å². The molecule has 0 atom stereocenters. The van der Waals surface area contributed by atoms with E-state index in [9.17, 15) is 0 Å². The van der Waals surface area contributed by atoms with Crippen molar-refractivity contribution in [3.05, 3.63) is 34.9 Å². The lowest BCUT2D eigenvalue weighted by molar-refractivity contribution is 0.330. The Labute approximate surface area is 120 Å². The molecule has 0 heterocycles. The molecule has 0 fully saturated rings. The summed E-state index contributed by atoms with van der Waals surface area (Å²) in [6.45, 7) is 8.54. The summed E-state index contributed by atoms with van der Waals surface area (Å²) >= 11 is 6.60. The number of hydrogen-bond acceptors (Lipinski definition) is 4. The molecule has 18 heavy (non-hydrogen) atoms. The van der Waals surface area contributed by atoms with Crippen LogP contribution in [0.2, 0.25) is 0 Å². The van der Waals surface area contributed by atoms with Crippen LogP contribution in [0.1, 0.15) is 27.7 Å². The quantitative estimate of drug-likeness (QED) is 0.593.